The van der Waals surface area contributed by atoms with Gasteiger partial charge in [-0.1, -0.05) is 11.8 Å². The molecule has 0 saturated heterocycles. The number of carbonyl (C=O) groups is 2. The number of nitrogens with zero attached hydrogens (tertiary/aromatic N) is 3. The molecule has 2 heterocycles. The molecule has 10 heteroatoms. The fourth-order valence-corrected chi connectivity index (χ4v) is 2.05. The van der Waals surface area contributed by atoms with Crippen LogP contribution in [0.15, 0.2) is 17.7 Å². The summed E-state index contributed by atoms with van der Waals surface area (Å²) < 4.78 is 4.88. The Morgan fingerprint density at radius 3 is 3.00 bits per heavy atom. The van der Waals surface area contributed by atoms with Gasteiger partial charge < -0.3 is 20.6 Å². The van der Waals surface area contributed by atoms with Crippen LogP contribution in [-0.2, 0) is 14.3 Å². The number of carboxylic acids is 1. The number of imidazole rings is 1. The predicted octanol–water partition coefficient (Wildman–Crippen LogP) is -0.252. The van der Waals surface area contributed by atoms with Crippen LogP contribution in [0.1, 0.15) is 6.42 Å². The number of esters is 1. The maximum Gasteiger partial charge on any atom is 0.321 e. The van der Waals surface area contributed by atoms with E-state index in [1.54, 1.807) is 0 Å². The van der Waals surface area contributed by atoms with Gasteiger partial charge in [-0.2, -0.15) is 0 Å². The lowest BCUT2D eigenvalue weighted by Gasteiger charge is -2.06. The van der Waals surface area contributed by atoms with Crippen LogP contribution in [0.25, 0.3) is 11.2 Å². The van der Waals surface area contributed by atoms with Crippen LogP contribution in [0.4, 0.5) is 0 Å². The Hall–Kier alpha value is -2.20. The first-order chi connectivity index (χ1) is 9.58. The third-order valence-electron chi connectivity index (χ3n) is 2.31. The third-order valence-corrected chi connectivity index (χ3v) is 3.13. The van der Waals surface area contributed by atoms with E-state index < -0.39 is 18.0 Å². The molecule has 4 N–H and O–H groups in total. The fraction of sp³-hybridized carbons (Fsp3) is 0.300. The lowest BCUT2D eigenvalue weighted by Crippen LogP contribution is -2.33. The SMILES string of the molecule is N[C@H](CC(=O)OCSc1ncnc2nc[nH]c12)C(=O)O. The number of aromatic nitrogens is 4. The number of H-pyrrole nitrogens is 1. The van der Waals surface area contributed by atoms with E-state index in [-0.39, 0.29) is 12.4 Å². The van der Waals surface area contributed by atoms with E-state index in [0.717, 1.165) is 11.8 Å². The molecule has 106 valence electrons. The van der Waals surface area contributed by atoms with Gasteiger partial charge in [-0.25, -0.2) is 15.0 Å². The molecule has 2 aromatic heterocycles. The minimum atomic E-state index is -1.26. The van der Waals surface area contributed by atoms with E-state index in [1.165, 1.54) is 12.7 Å². The number of rotatable bonds is 6. The number of fused-ring (bicyclic) bond motifs is 1. The van der Waals surface area contributed by atoms with Crippen molar-refractivity contribution in [1.29, 1.82) is 0 Å². The van der Waals surface area contributed by atoms with Crippen LogP contribution in [-0.4, -0.2) is 49.0 Å². The lowest BCUT2D eigenvalue weighted by atomic mass is 10.2. The topological polar surface area (TPSA) is 144 Å². The molecule has 0 aliphatic rings. The highest BCUT2D eigenvalue weighted by Gasteiger charge is 2.17. The van der Waals surface area contributed by atoms with Gasteiger partial charge in [-0.05, 0) is 0 Å². The highest BCUT2D eigenvalue weighted by molar-refractivity contribution is 7.99. The van der Waals surface area contributed by atoms with Crippen LogP contribution in [0.3, 0.4) is 0 Å². The van der Waals surface area contributed by atoms with Gasteiger partial charge in [0, 0.05) is 0 Å². The molecule has 0 saturated carbocycles. The first kappa shape index (κ1) is 14.2. The van der Waals surface area contributed by atoms with Crippen molar-refractivity contribution < 1.29 is 19.4 Å². The molecule has 0 unspecified atom stereocenters. The Kier molecular flexibility index (Phi) is 4.48. The zero-order valence-electron chi connectivity index (χ0n) is 10.1. The molecule has 0 aliphatic carbocycles. The van der Waals surface area contributed by atoms with Gasteiger partial charge >= 0.3 is 11.9 Å². The van der Waals surface area contributed by atoms with E-state index in [0.29, 0.717) is 16.2 Å². The first-order valence-electron chi connectivity index (χ1n) is 5.49. The van der Waals surface area contributed by atoms with Crippen LogP contribution in [0.2, 0.25) is 0 Å². The minimum Gasteiger partial charge on any atom is -0.480 e. The molecule has 0 aliphatic heterocycles. The zero-order valence-corrected chi connectivity index (χ0v) is 11.0. The quantitative estimate of drug-likeness (QED) is 0.284. The molecule has 0 fully saturated rings. The summed E-state index contributed by atoms with van der Waals surface area (Å²) in [5.41, 5.74) is 6.38. The number of aromatic amines is 1. The maximum atomic E-state index is 11.3. The van der Waals surface area contributed by atoms with Crippen molar-refractivity contribution in [3.05, 3.63) is 12.7 Å². The molecule has 0 bridgehead atoms. The average molecular weight is 297 g/mol. The van der Waals surface area contributed by atoms with Gasteiger partial charge in [0.2, 0.25) is 0 Å². The second-order valence-electron chi connectivity index (χ2n) is 3.71. The number of thioether (sulfide) groups is 1. The average Bonchev–Trinajstić information content (AvgIpc) is 2.87. The smallest absolute Gasteiger partial charge is 0.321 e. The molecular formula is C10H11N5O4S. The number of hydrogen-bond donors (Lipinski definition) is 3. The fourth-order valence-electron chi connectivity index (χ4n) is 1.33. The highest BCUT2D eigenvalue weighted by Crippen LogP contribution is 2.21. The largest absolute Gasteiger partial charge is 0.480 e. The van der Waals surface area contributed by atoms with E-state index in [4.69, 9.17) is 15.6 Å². The summed E-state index contributed by atoms with van der Waals surface area (Å²) in [6, 6.07) is -1.26. The van der Waals surface area contributed by atoms with Crippen molar-refractivity contribution >= 4 is 34.9 Å². The van der Waals surface area contributed by atoms with Crippen LogP contribution >= 0.6 is 11.8 Å². The molecule has 20 heavy (non-hydrogen) atoms. The third kappa shape index (κ3) is 3.42. The number of ether oxygens (including phenoxy) is 1. The Bertz CT molecular complexity index is 631. The Labute approximate surface area is 116 Å². The van der Waals surface area contributed by atoms with Gasteiger partial charge in [0.25, 0.3) is 0 Å². The molecule has 0 aromatic carbocycles. The molecule has 0 spiro atoms. The normalized spacial score (nSPS) is 12.2. The Morgan fingerprint density at radius 1 is 1.45 bits per heavy atom. The molecule has 0 amide bonds. The van der Waals surface area contributed by atoms with Crippen molar-refractivity contribution in [3.63, 3.8) is 0 Å². The molecule has 2 rings (SSSR count). The summed E-state index contributed by atoms with van der Waals surface area (Å²) in [5.74, 6) is -1.93. The van der Waals surface area contributed by atoms with Crippen molar-refractivity contribution in [3.8, 4) is 0 Å². The standard InChI is InChI=1S/C10H11N5O4S/c11-5(10(17)18)1-6(16)19-4-20-9-7-8(13-2-12-7)14-3-15-9/h2-3,5H,1,4,11H2,(H,17,18)(H,12,13,14,15)/t5-/m1/s1. The van der Waals surface area contributed by atoms with Crippen LogP contribution in [0.5, 0.6) is 0 Å². The van der Waals surface area contributed by atoms with E-state index in [2.05, 4.69) is 19.9 Å². The van der Waals surface area contributed by atoms with Gasteiger partial charge in [0.15, 0.2) is 5.65 Å². The van der Waals surface area contributed by atoms with Gasteiger partial charge in [-0.15, -0.1) is 0 Å². The summed E-state index contributed by atoms with van der Waals surface area (Å²) in [7, 11) is 0. The number of nitrogens with two attached hydrogens (primary N) is 1. The van der Waals surface area contributed by atoms with Crippen molar-refractivity contribution in [2.45, 2.75) is 17.5 Å². The highest BCUT2D eigenvalue weighted by atomic mass is 32.2. The molecular weight excluding hydrogens is 286 g/mol. The summed E-state index contributed by atoms with van der Waals surface area (Å²) >= 11 is 1.16. The predicted molar refractivity (Wildman–Crippen MR) is 68.7 cm³/mol. The van der Waals surface area contributed by atoms with Crippen LogP contribution in [0, 0.1) is 0 Å². The van der Waals surface area contributed by atoms with Crippen LogP contribution < -0.4 is 5.73 Å². The Balaban J connectivity index is 1.85. The second-order valence-corrected chi connectivity index (χ2v) is 4.62. The number of carbonyl (C=O) groups excluding carboxylic acids is 1. The van der Waals surface area contributed by atoms with Crippen molar-refractivity contribution in [2.75, 3.05) is 5.94 Å². The monoisotopic (exact) mass is 297 g/mol. The summed E-state index contributed by atoms with van der Waals surface area (Å²) in [6.07, 6.45) is 2.47. The van der Waals surface area contributed by atoms with E-state index in [1.807, 2.05) is 0 Å². The summed E-state index contributed by atoms with van der Waals surface area (Å²) in [6.45, 7) is 0. The lowest BCUT2D eigenvalue weighted by molar-refractivity contribution is -0.147. The Morgan fingerprint density at radius 2 is 2.25 bits per heavy atom. The molecule has 9 nitrogen and oxygen atoms in total. The van der Waals surface area contributed by atoms with Gasteiger partial charge in [-0.3, -0.25) is 9.59 Å². The maximum absolute atomic E-state index is 11.3. The summed E-state index contributed by atoms with van der Waals surface area (Å²) in [4.78, 5) is 36.6. The van der Waals surface area contributed by atoms with Crippen molar-refractivity contribution in [1.82, 2.24) is 19.9 Å². The molecule has 1 atom stereocenters. The van der Waals surface area contributed by atoms with E-state index >= 15 is 0 Å². The van der Waals surface area contributed by atoms with Crippen molar-refractivity contribution in [2.24, 2.45) is 5.73 Å². The number of carboxylic acid groups (broad SMARTS) is 1. The number of hydrogen-bond acceptors (Lipinski definition) is 8. The van der Waals surface area contributed by atoms with E-state index in [9.17, 15) is 9.59 Å². The second kappa shape index (κ2) is 6.30. The number of aliphatic carboxylic acids is 1. The van der Waals surface area contributed by atoms with Gasteiger partial charge in [0.1, 0.15) is 28.9 Å². The molecule has 0 radical (unpaired) electrons. The summed E-state index contributed by atoms with van der Waals surface area (Å²) in [5, 5.41) is 9.15. The molecule has 2 aromatic rings. The minimum absolute atomic E-state index is 0.00366. The first-order valence-corrected chi connectivity index (χ1v) is 6.47. The van der Waals surface area contributed by atoms with Gasteiger partial charge in [0.05, 0.1) is 12.7 Å². The zero-order chi connectivity index (χ0) is 14.5. The number of nitrogens with one attached hydrogen (secondary N) is 1.